The first-order chi connectivity index (χ1) is 11.6. The first-order valence-corrected chi connectivity index (χ1v) is 8.74. The highest BCUT2D eigenvalue weighted by Crippen LogP contribution is 2.25. The van der Waals surface area contributed by atoms with Crippen molar-refractivity contribution in [1.29, 1.82) is 0 Å². The van der Waals surface area contributed by atoms with Gasteiger partial charge in [0.15, 0.2) is 5.69 Å². The van der Waals surface area contributed by atoms with Crippen molar-refractivity contribution in [3.05, 3.63) is 41.4 Å². The molecule has 0 saturated carbocycles. The first-order valence-electron chi connectivity index (χ1n) is 7.86. The van der Waals surface area contributed by atoms with Gasteiger partial charge in [-0.1, -0.05) is 13.0 Å². The lowest BCUT2D eigenvalue weighted by Gasteiger charge is -2.13. The lowest BCUT2D eigenvalue weighted by molar-refractivity contribution is 0.0931. The van der Waals surface area contributed by atoms with Crippen LogP contribution in [0.5, 0.6) is 0 Å². The number of aromatic nitrogens is 5. The minimum atomic E-state index is -0.237. The molecular weight excluding hydrogens is 324 g/mol. The second kappa shape index (κ2) is 6.96. The van der Waals surface area contributed by atoms with Crippen molar-refractivity contribution in [1.82, 2.24) is 29.9 Å². The van der Waals surface area contributed by atoms with Crippen LogP contribution >= 0.6 is 11.3 Å². The molecule has 1 amide bonds. The fourth-order valence-corrected chi connectivity index (χ4v) is 3.33. The van der Waals surface area contributed by atoms with E-state index in [2.05, 4.69) is 27.4 Å². The summed E-state index contributed by atoms with van der Waals surface area (Å²) in [5, 5.41) is 13.5. The maximum Gasteiger partial charge on any atom is 0.272 e. The van der Waals surface area contributed by atoms with Crippen molar-refractivity contribution in [3.8, 4) is 10.6 Å². The van der Waals surface area contributed by atoms with Crippen molar-refractivity contribution in [3.63, 3.8) is 0 Å². The topological polar surface area (TPSA) is 77.6 Å². The Balaban J connectivity index is 1.75. The Morgan fingerprint density at radius 3 is 3.00 bits per heavy atom. The molecule has 3 rings (SSSR count). The number of carbonyl (C=O) groups excluding carboxylic acids is 1. The fraction of sp³-hybridized carbons (Fsp3) is 0.375. The number of nitrogens with one attached hydrogen (secondary N) is 1. The lowest BCUT2D eigenvalue weighted by Crippen LogP contribution is -2.29. The minimum absolute atomic E-state index is 0.216. The van der Waals surface area contributed by atoms with Crippen LogP contribution in [-0.4, -0.2) is 30.5 Å². The number of hydrogen-bond acceptors (Lipinski definition) is 5. The highest BCUT2D eigenvalue weighted by molar-refractivity contribution is 7.13. The van der Waals surface area contributed by atoms with E-state index < -0.39 is 0 Å². The molecule has 0 bridgehead atoms. The third-order valence-electron chi connectivity index (χ3n) is 3.70. The molecule has 7 nitrogen and oxygen atoms in total. The van der Waals surface area contributed by atoms with Crippen molar-refractivity contribution < 1.29 is 4.79 Å². The van der Waals surface area contributed by atoms with E-state index in [1.54, 1.807) is 16.0 Å². The average Bonchev–Trinajstić information content (AvgIpc) is 3.26. The van der Waals surface area contributed by atoms with Crippen LogP contribution in [0.15, 0.2) is 29.9 Å². The van der Waals surface area contributed by atoms with Crippen LogP contribution < -0.4 is 5.32 Å². The van der Waals surface area contributed by atoms with Crippen molar-refractivity contribution in [2.45, 2.75) is 32.9 Å². The normalized spacial score (nSPS) is 12.3. The average molecular weight is 344 g/mol. The van der Waals surface area contributed by atoms with E-state index in [1.807, 2.05) is 42.2 Å². The zero-order valence-corrected chi connectivity index (χ0v) is 14.7. The second-order valence-corrected chi connectivity index (χ2v) is 6.50. The molecule has 3 aromatic rings. The largest absolute Gasteiger partial charge is 0.341 e. The van der Waals surface area contributed by atoms with Crippen molar-refractivity contribution >= 4 is 17.2 Å². The molecule has 0 unspecified atom stereocenters. The number of nitrogens with zero attached hydrogens (tertiary/aromatic N) is 5. The summed E-state index contributed by atoms with van der Waals surface area (Å²) in [4.78, 5) is 17.9. The molecule has 0 aliphatic heterocycles. The molecule has 24 heavy (non-hydrogen) atoms. The predicted octanol–water partition coefficient (Wildman–Crippen LogP) is 2.64. The van der Waals surface area contributed by atoms with Gasteiger partial charge >= 0.3 is 0 Å². The Kier molecular flexibility index (Phi) is 4.75. The van der Waals surface area contributed by atoms with Gasteiger partial charge in [0.1, 0.15) is 12.2 Å². The Morgan fingerprint density at radius 2 is 2.29 bits per heavy atom. The summed E-state index contributed by atoms with van der Waals surface area (Å²) in [6, 6.07) is 5.57. The van der Waals surface area contributed by atoms with Crippen molar-refractivity contribution in [2.24, 2.45) is 7.05 Å². The van der Waals surface area contributed by atoms with Crippen LogP contribution in [0.2, 0.25) is 0 Å². The van der Waals surface area contributed by atoms with Crippen LogP contribution in [0.1, 0.15) is 42.6 Å². The van der Waals surface area contributed by atoms with Crippen LogP contribution in [0.25, 0.3) is 10.6 Å². The second-order valence-electron chi connectivity index (χ2n) is 5.55. The van der Waals surface area contributed by atoms with Gasteiger partial charge in [0.2, 0.25) is 0 Å². The zero-order chi connectivity index (χ0) is 17.1. The van der Waals surface area contributed by atoms with Gasteiger partial charge in [0, 0.05) is 13.6 Å². The van der Waals surface area contributed by atoms with Gasteiger partial charge in [-0.2, -0.15) is 10.2 Å². The Bertz CT molecular complexity index is 820. The summed E-state index contributed by atoms with van der Waals surface area (Å²) in [5.74, 6) is 0.534. The van der Waals surface area contributed by atoms with Gasteiger partial charge in [0.05, 0.1) is 16.6 Å². The summed E-state index contributed by atoms with van der Waals surface area (Å²) < 4.78 is 3.55. The third-order valence-corrected chi connectivity index (χ3v) is 4.59. The summed E-state index contributed by atoms with van der Waals surface area (Å²) in [6.45, 7) is 4.76. The van der Waals surface area contributed by atoms with E-state index in [-0.39, 0.29) is 11.9 Å². The van der Waals surface area contributed by atoms with Crippen molar-refractivity contribution in [2.75, 3.05) is 0 Å². The van der Waals surface area contributed by atoms with Gasteiger partial charge in [-0.05, 0) is 30.9 Å². The minimum Gasteiger partial charge on any atom is -0.341 e. The van der Waals surface area contributed by atoms with Gasteiger partial charge in [-0.15, -0.1) is 11.3 Å². The van der Waals surface area contributed by atoms with Gasteiger partial charge in [0.25, 0.3) is 5.91 Å². The molecule has 1 N–H and O–H groups in total. The smallest absolute Gasteiger partial charge is 0.272 e. The van der Waals surface area contributed by atoms with Crippen LogP contribution in [0.4, 0.5) is 0 Å². The molecule has 3 aromatic heterocycles. The molecule has 126 valence electrons. The summed E-state index contributed by atoms with van der Waals surface area (Å²) in [7, 11) is 1.84. The van der Waals surface area contributed by atoms with E-state index in [0.29, 0.717) is 5.69 Å². The maximum atomic E-state index is 12.5. The number of rotatable bonds is 6. The molecule has 0 radical (unpaired) electrons. The molecule has 0 aromatic carbocycles. The molecular formula is C16H20N6OS. The number of thiophene rings is 1. The quantitative estimate of drug-likeness (QED) is 0.746. The van der Waals surface area contributed by atoms with E-state index in [1.165, 1.54) is 6.33 Å². The summed E-state index contributed by atoms with van der Waals surface area (Å²) in [6.07, 6.45) is 2.48. The van der Waals surface area contributed by atoms with E-state index in [0.717, 1.165) is 29.4 Å². The Morgan fingerprint density at radius 1 is 1.46 bits per heavy atom. The molecule has 3 heterocycles. The van der Waals surface area contributed by atoms with E-state index >= 15 is 0 Å². The van der Waals surface area contributed by atoms with E-state index in [4.69, 9.17) is 0 Å². The predicted molar refractivity (Wildman–Crippen MR) is 92.7 cm³/mol. The molecule has 0 aliphatic carbocycles. The molecule has 1 atom stereocenters. The fourth-order valence-electron chi connectivity index (χ4n) is 2.56. The van der Waals surface area contributed by atoms with E-state index in [9.17, 15) is 4.79 Å². The van der Waals surface area contributed by atoms with Gasteiger partial charge < -0.3 is 5.32 Å². The molecule has 0 saturated heterocycles. The van der Waals surface area contributed by atoms with Crippen LogP contribution in [0.3, 0.4) is 0 Å². The monoisotopic (exact) mass is 344 g/mol. The number of carbonyl (C=O) groups is 1. The zero-order valence-electron chi connectivity index (χ0n) is 13.9. The lowest BCUT2D eigenvalue weighted by atomic mass is 10.2. The number of amides is 1. The third kappa shape index (κ3) is 3.23. The van der Waals surface area contributed by atoms with Gasteiger partial charge in [-0.3, -0.25) is 9.48 Å². The van der Waals surface area contributed by atoms with Gasteiger partial charge in [-0.25, -0.2) is 9.67 Å². The first kappa shape index (κ1) is 16.4. The number of hydrogen-bond donors (Lipinski definition) is 1. The number of aryl methyl sites for hydroxylation is 2. The summed E-state index contributed by atoms with van der Waals surface area (Å²) in [5.41, 5.74) is 1.33. The van der Waals surface area contributed by atoms with Crippen LogP contribution in [-0.2, 0) is 13.6 Å². The molecule has 8 heteroatoms. The highest BCUT2D eigenvalue weighted by atomic mass is 32.1. The Hall–Kier alpha value is -2.48. The maximum absolute atomic E-state index is 12.5. The highest BCUT2D eigenvalue weighted by Gasteiger charge is 2.19. The Labute approximate surface area is 144 Å². The summed E-state index contributed by atoms with van der Waals surface area (Å²) >= 11 is 1.62. The molecule has 0 spiro atoms. The SMILES string of the molecule is CCCn1ncnc1[C@@H](C)NC(=O)c1cc(-c2cccs2)n(C)n1. The molecule has 0 aliphatic rings. The van der Waals surface area contributed by atoms with Crippen LogP contribution in [0, 0.1) is 0 Å². The molecule has 0 fully saturated rings. The standard InChI is InChI=1S/C16H20N6OS/c1-4-7-22-15(17-10-18-22)11(2)19-16(23)12-9-13(21(3)20-12)14-6-5-8-24-14/h5-6,8-11H,4,7H2,1-3H3,(H,19,23)/t11-/m1/s1.